The molecule has 1 atom stereocenters. The molecule has 1 unspecified atom stereocenters. The zero-order chi connectivity index (χ0) is 19.0. The number of urea groups is 1. The third kappa shape index (κ3) is 3.67. The molecule has 0 spiro atoms. The van der Waals surface area contributed by atoms with Gasteiger partial charge >= 0.3 is 6.03 Å². The van der Waals surface area contributed by atoms with Crippen molar-refractivity contribution in [2.75, 3.05) is 31.1 Å². The molecule has 1 aromatic carbocycles. The highest BCUT2D eigenvalue weighted by molar-refractivity contribution is 5.96. The van der Waals surface area contributed by atoms with Crippen LogP contribution in [0.3, 0.4) is 0 Å². The van der Waals surface area contributed by atoms with E-state index in [1.54, 1.807) is 12.1 Å². The first-order chi connectivity index (χ1) is 13.0. The Balaban J connectivity index is 1.55. The second-order valence-corrected chi connectivity index (χ2v) is 7.38. The molecule has 1 aliphatic carbocycles. The van der Waals surface area contributed by atoms with Gasteiger partial charge in [0.2, 0.25) is 0 Å². The predicted octanol–water partition coefficient (Wildman–Crippen LogP) is 1.48. The van der Waals surface area contributed by atoms with E-state index >= 15 is 0 Å². The molecule has 3 aliphatic rings. The number of carbonyl (C=O) groups is 2. The number of hydrogen-bond acceptors (Lipinski definition) is 5. The molecule has 3 amide bonds. The number of amides is 3. The average molecular weight is 373 g/mol. The number of carbonyl (C=O) groups excluding carboxylic acids is 2. The van der Waals surface area contributed by atoms with Gasteiger partial charge in [-0.15, -0.1) is 0 Å². The lowest BCUT2D eigenvalue weighted by atomic mass is 10.0. The first kappa shape index (κ1) is 17.6. The normalized spacial score (nSPS) is 22.5. The Morgan fingerprint density at radius 2 is 2.07 bits per heavy atom. The molecule has 144 valence electrons. The van der Waals surface area contributed by atoms with Crippen LogP contribution in [0.15, 0.2) is 18.2 Å². The van der Waals surface area contributed by atoms with Gasteiger partial charge in [-0.25, -0.2) is 4.79 Å². The Hall–Kier alpha value is -2.84. The number of piperidine rings is 1. The molecule has 9 heteroatoms. The van der Waals surface area contributed by atoms with Crippen LogP contribution in [0.4, 0.5) is 16.2 Å². The molecular formula is C18H23N5O4. The molecule has 2 N–H and O–H groups in total. The van der Waals surface area contributed by atoms with Crippen LogP contribution in [0.1, 0.15) is 36.0 Å². The molecule has 0 radical (unpaired) electrons. The van der Waals surface area contributed by atoms with Gasteiger partial charge in [0.15, 0.2) is 0 Å². The fourth-order valence-electron chi connectivity index (χ4n) is 3.84. The lowest BCUT2D eigenvalue weighted by Gasteiger charge is -2.38. The summed E-state index contributed by atoms with van der Waals surface area (Å²) >= 11 is 0. The van der Waals surface area contributed by atoms with Crippen molar-refractivity contribution in [3.05, 3.63) is 33.9 Å². The quantitative estimate of drug-likeness (QED) is 0.600. The summed E-state index contributed by atoms with van der Waals surface area (Å²) in [5.74, 6) is -0.266. The van der Waals surface area contributed by atoms with E-state index in [0.29, 0.717) is 37.4 Å². The minimum absolute atomic E-state index is 0.0405. The van der Waals surface area contributed by atoms with Gasteiger partial charge in [0.05, 0.1) is 11.0 Å². The van der Waals surface area contributed by atoms with Gasteiger partial charge < -0.3 is 20.4 Å². The van der Waals surface area contributed by atoms with Crippen molar-refractivity contribution in [3.63, 3.8) is 0 Å². The monoisotopic (exact) mass is 373 g/mol. The summed E-state index contributed by atoms with van der Waals surface area (Å²) < 4.78 is 0. The number of anilines is 1. The molecular weight excluding hydrogens is 350 g/mol. The maximum Gasteiger partial charge on any atom is 0.317 e. The van der Waals surface area contributed by atoms with Crippen LogP contribution in [0.5, 0.6) is 0 Å². The first-order valence-corrected chi connectivity index (χ1v) is 9.41. The van der Waals surface area contributed by atoms with E-state index in [9.17, 15) is 19.7 Å². The number of nitro groups is 1. The number of hydrogen-bond donors (Lipinski definition) is 2. The Morgan fingerprint density at radius 3 is 2.74 bits per heavy atom. The van der Waals surface area contributed by atoms with Crippen molar-refractivity contribution in [1.82, 2.24) is 15.5 Å². The van der Waals surface area contributed by atoms with Crippen LogP contribution in [0.2, 0.25) is 0 Å². The van der Waals surface area contributed by atoms with Crippen LogP contribution < -0.4 is 15.5 Å². The van der Waals surface area contributed by atoms with Crippen LogP contribution in [0, 0.1) is 10.1 Å². The summed E-state index contributed by atoms with van der Waals surface area (Å²) in [6.07, 6.45) is 3.67. The third-order valence-electron chi connectivity index (χ3n) is 5.41. The van der Waals surface area contributed by atoms with E-state index < -0.39 is 4.92 Å². The zero-order valence-electron chi connectivity index (χ0n) is 15.0. The highest BCUT2D eigenvalue weighted by atomic mass is 16.6. The van der Waals surface area contributed by atoms with Gasteiger partial charge in [-0.1, -0.05) is 0 Å². The van der Waals surface area contributed by atoms with Crippen molar-refractivity contribution < 1.29 is 14.5 Å². The molecule has 27 heavy (non-hydrogen) atoms. The number of nitrogens with one attached hydrogen (secondary N) is 2. The van der Waals surface area contributed by atoms with E-state index in [0.717, 1.165) is 25.7 Å². The summed E-state index contributed by atoms with van der Waals surface area (Å²) in [5, 5.41) is 17.3. The highest BCUT2D eigenvalue weighted by Gasteiger charge is 2.33. The molecule has 0 bridgehead atoms. The summed E-state index contributed by atoms with van der Waals surface area (Å²) in [5.41, 5.74) is 0.752. The van der Waals surface area contributed by atoms with Crippen LogP contribution in [-0.2, 0) is 0 Å². The topological polar surface area (TPSA) is 108 Å². The summed E-state index contributed by atoms with van der Waals surface area (Å²) in [4.78, 5) is 39.1. The smallest absolute Gasteiger partial charge is 0.317 e. The predicted molar refractivity (Wildman–Crippen MR) is 98.9 cm³/mol. The molecule has 0 aromatic heterocycles. The molecule has 9 nitrogen and oxygen atoms in total. The largest absolute Gasteiger partial charge is 0.364 e. The molecule has 3 fully saturated rings. The Labute approximate surface area is 156 Å². The maximum absolute atomic E-state index is 12.2. The van der Waals surface area contributed by atoms with Crippen LogP contribution in [0.25, 0.3) is 0 Å². The SMILES string of the molecule is O=C(NC1CC1)c1ccc(N2CCCC(N3CCNC3=O)C2)c([N+](=O)[O-])c1. The van der Waals surface area contributed by atoms with E-state index in [1.165, 1.54) is 6.07 Å². The number of rotatable bonds is 5. The Kier molecular flexibility index (Phi) is 4.59. The Bertz CT molecular complexity index is 779. The maximum atomic E-state index is 12.2. The standard InChI is InChI=1S/C18H23N5O4/c24-17(20-13-4-5-13)12-3-6-15(16(10-12)23(26)27)21-8-1-2-14(11-21)22-9-7-19-18(22)25/h3,6,10,13-14H,1-2,4-5,7-9,11H2,(H,19,25)(H,20,24). The van der Waals surface area contributed by atoms with Gasteiger partial charge in [0.25, 0.3) is 11.6 Å². The molecule has 1 aromatic rings. The number of benzene rings is 1. The lowest BCUT2D eigenvalue weighted by Crippen LogP contribution is -2.49. The van der Waals surface area contributed by atoms with Crippen molar-refractivity contribution in [1.29, 1.82) is 0 Å². The lowest BCUT2D eigenvalue weighted by molar-refractivity contribution is -0.384. The molecule has 4 rings (SSSR count). The zero-order valence-corrected chi connectivity index (χ0v) is 15.0. The summed E-state index contributed by atoms with van der Waals surface area (Å²) in [6, 6.07) is 4.84. The molecule has 1 saturated carbocycles. The van der Waals surface area contributed by atoms with Crippen LogP contribution in [-0.4, -0.2) is 60.0 Å². The molecule has 2 heterocycles. The highest BCUT2D eigenvalue weighted by Crippen LogP contribution is 2.32. The fraction of sp³-hybridized carbons (Fsp3) is 0.556. The average Bonchev–Trinajstić information content (AvgIpc) is 3.38. The third-order valence-corrected chi connectivity index (χ3v) is 5.41. The molecule has 2 aliphatic heterocycles. The van der Waals surface area contributed by atoms with Crippen molar-refractivity contribution in [2.45, 2.75) is 37.8 Å². The first-order valence-electron chi connectivity index (χ1n) is 9.41. The number of nitrogens with zero attached hydrogens (tertiary/aromatic N) is 3. The van der Waals surface area contributed by atoms with Gasteiger partial charge in [-0.05, 0) is 37.8 Å². The van der Waals surface area contributed by atoms with E-state index in [2.05, 4.69) is 10.6 Å². The van der Waals surface area contributed by atoms with Gasteiger partial charge in [0.1, 0.15) is 5.69 Å². The van der Waals surface area contributed by atoms with Crippen molar-refractivity contribution in [2.24, 2.45) is 0 Å². The van der Waals surface area contributed by atoms with Crippen LogP contribution >= 0.6 is 0 Å². The Morgan fingerprint density at radius 1 is 1.26 bits per heavy atom. The van der Waals surface area contributed by atoms with E-state index in [1.807, 2.05) is 9.80 Å². The minimum atomic E-state index is -0.435. The number of nitro benzene ring substituents is 1. The van der Waals surface area contributed by atoms with E-state index in [4.69, 9.17) is 0 Å². The second kappa shape index (κ2) is 7.05. The second-order valence-electron chi connectivity index (χ2n) is 7.38. The van der Waals surface area contributed by atoms with E-state index in [-0.39, 0.29) is 29.7 Å². The fourth-order valence-corrected chi connectivity index (χ4v) is 3.84. The van der Waals surface area contributed by atoms with Crippen molar-refractivity contribution >= 4 is 23.3 Å². The summed E-state index contributed by atoms with van der Waals surface area (Å²) in [7, 11) is 0. The van der Waals surface area contributed by atoms with Gasteiger partial charge in [0, 0.05) is 43.9 Å². The van der Waals surface area contributed by atoms with Crippen molar-refractivity contribution in [3.8, 4) is 0 Å². The molecule has 2 saturated heterocycles. The van der Waals surface area contributed by atoms with Gasteiger partial charge in [-0.3, -0.25) is 14.9 Å². The minimum Gasteiger partial charge on any atom is -0.364 e. The van der Waals surface area contributed by atoms with Gasteiger partial charge in [-0.2, -0.15) is 0 Å². The summed E-state index contributed by atoms with van der Waals surface area (Å²) in [6.45, 7) is 2.56.